The van der Waals surface area contributed by atoms with Crippen molar-refractivity contribution in [3.63, 3.8) is 0 Å². The second-order valence-electron chi connectivity index (χ2n) is 4.48. The van der Waals surface area contributed by atoms with Gasteiger partial charge < -0.3 is 10.1 Å². The minimum Gasteiger partial charge on any atom is -0.463 e. The normalized spacial score (nSPS) is 18.1. The molecule has 0 fully saturated rings. The van der Waals surface area contributed by atoms with E-state index in [4.69, 9.17) is 4.74 Å². The molecule has 0 saturated heterocycles. The minimum absolute atomic E-state index is 0.273. The standard InChI is InChI=1S/C15H15N3O2S/c1-3-20-15(19)12-9(2)18-14(21)11(7-16)13(12)10-5-4-6-17-8-10/h4-6,8,13,18,21H,3H2,1-2H3/t13-/m1/s1. The number of esters is 1. The molecule has 2 heterocycles. The molecular weight excluding hydrogens is 286 g/mol. The summed E-state index contributed by atoms with van der Waals surface area (Å²) in [7, 11) is 0. The van der Waals surface area contributed by atoms with Gasteiger partial charge in [0.1, 0.15) is 0 Å². The number of aromatic nitrogens is 1. The summed E-state index contributed by atoms with van der Waals surface area (Å²) < 4.78 is 5.12. The van der Waals surface area contributed by atoms with Crippen LogP contribution in [0.15, 0.2) is 46.4 Å². The smallest absolute Gasteiger partial charge is 0.336 e. The fraction of sp³-hybridized carbons (Fsp3) is 0.267. The maximum Gasteiger partial charge on any atom is 0.336 e. The summed E-state index contributed by atoms with van der Waals surface area (Å²) in [6, 6.07) is 5.71. The highest BCUT2D eigenvalue weighted by Gasteiger charge is 2.34. The summed E-state index contributed by atoms with van der Waals surface area (Å²) in [6.45, 7) is 3.78. The molecule has 1 aromatic heterocycles. The molecule has 0 bridgehead atoms. The Morgan fingerprint density at radius 2 is 2.38 bits per heavy atom. The lowest BCUT2D eigenvalue weighted by molar-refractivity contribution is -0.138. The van der Waals surface area contributed by atoms with Crippen LogP contribution in [-0.2, 0) is 9.53 Å². The van der Waals surface area contributed by atoms with Gasteiger partial charge in [-0.05, 0) is 25.5 Å². The summed E-state index contributed by atoms with van der Waals surface area (Å²) in [5, 5.41) is 12.8. The van der Waals surface area contributed by atoms with Crippen LogP contribution < -0.4 is 5.32 Å². The molecule has 0 aliphatic carbocycles. The van der Waals surface area contributed by atoms with Gasteiger partial charge in [0, 0.05) is 18.1 Å². The van der Waals surface area contributed by atoms with Crippen molar-refractivity contribution >= 4 is 18.6 Å². The van der Waals surface area contributed by atoms with E-state index < -0.39 is 11.9 Å². The lowest BCUT2D eigenvalue weighted by atomic mass is 9.83. The third-order valence-corrected chi connectivity index (χ3v) is 3.53. The number of ether oxygens (including phenoxy) is 1. The molecule has 0 radical (unpaired) electrons. The van der Waals surface area contributed by atoms with E-state index in [1.165, 1.54) is 0 Å². The van der Waals surface area contributed by atoms with Gasteiger partial charge in [-0.15, -0.1) is 12.6 Å². The predicted molar refractivity (Wildman–Crippen MR) is 81.1 cm³/mol. The summed E-state index contributed by atoms with van der Waals surface area (Å²) in [6.07, 6.45) is 3.28. The van der Waals surface area contributed by atoms with Crippen LogP contribution in [-0.4, -0.2) is 17.6 Å². The molecule has 0 aromatic carbocycles. The first kappa shape index (κ1) is 15.1. The van der Waals surface area contributed by atoms with E-state index in [0.29, 0.717) is 21.9 Å². The summed E-state index contributed by atoms with van der Waals surface area (Å²) in [5.41, 5.74) is 2.18. The molecule has 0 saturated carbocycles. The molecule has 0 unspecified atom stereocenters. The summed E-state index contributed by atoms with van der Waals surface area (Å²) >= 11 is 4.31. The number of carbonyl (C=O) groups excluding carboxylic acids is 1. The Hall–Kier alpha value is -2.26. The molecule has 5 nitrogen and oxygen atoms in total. The van der Waals surface area contributed by atoms with Gasteiger partial charge in [-0.1, -0.05) is 6.07 Å². The Morgan fingerprint density at radius 3 is 2.95 bits per heavy atom. The van der Waals surface area contributed by atoms with Crippen molar-refractivity contribution in [2.24, 2.45) is 0 Å². The summed E-state index contributed by atoms with van der Waals surface area (Å²) in [4.78, 5) is 16.3. The number of dihydropyridines is 1. The average molecular weight is 301 g/mol. The molecule has 21 heavy (non-hydrogen) atoms. The van der Waals surface area contributed by atoms with Crippen LogP contribution in [0.3, 0.4) is 0 Å². The molecule has 2 rings (SSSR count). The zero-order chi connectivity index (χ0) is 15.4. The average Bonchev–Trinajstić information content (AvgIpc) is 2.47. The third-order valence-electron chi connectivity index (χ3n) is 3.18. The maximum absolute atomic E-state index is 12.3. The SMILES string of the molecule is CCOC(=O)C1=C(C)NC(S)=C(C#N)[C@H]1c1cccnc1. The molecule has 0 spiro atoms. The number of nitrogens with one attached hydrogen (secondary N) is 1. The number of thiol groups is 1. The van der Waals surface area contributed by atoms with E-state index in [-0.39, 0.29) is 6.61 Å². The molecule has 1 aliphatic rings. The van der Waals surface area contributed by atoms with Gasteiger partial charge in [-0.25, -0.2) is 4.79 Å². The van der Waals surface area contributed by atoms with E-state index in [2.05, 4.69) is 29.0 Å². The van der Waals surface area contributed by atoms with Crippen molar-refractivity contribution in [2.75, 3.05) is 6.61 Å². The van der Waals surface area contributed by atoms with Crippen molar-refractivity contribution in [1.29, 1.82) is 5.26 Å². The number of hydrogen-bond acceptors (Lipinski definition) is 6. The van der Waals surface area contributed by atoms with Gasteiger partial charge in [-0.3, -0.25) is 4.98 Å². The van der Waals surface area contributed by atoms with Crippen LogP contribution in [0.1, 0.15) is 25.3 Å². The number of pyridine rings is 1. The fourth-order valence-electron chi connectivity index (χ4n) is 2.29. The number of allylic oxidation sites excluding steroid dienone is 2. The second kappa shape index (κ2) is 6.46. The van der Waals surface area contributed by atoms with Gasteiger partial charge in [0.15, 0.2) is 0 Å². The Balaban J connectivity index is 2.58. The number of nitrogens with zero attached hydrogens (tertiary/aromatic N) is 2. The Labute approximate surface area is 128 Å². The molecular formula is C15H15N3O2S. The minimum atomic E-state index is -0.517. The van der Waals surface area contributed by atoms with E-state index >= 15 is 0 Å². The van der Waals surface area contributed by atoms with Gasteiger partial charge in [0.2, 0.25) is 0 Å². The van der Waals surface area contributed by atoms with E-state index in [0.717, 1.165) is 5.56 Å². The predicted octanol–water partition coefficient (Wildman–Crippen LogP) is 2.27. The summed E-state index contributed by atoms with van der Waals surface area (Å²) in [5.74, 6) is -0.957. The molecule has 1 atom stereocenters. The third kappa shape index (κ3) is 2.93. The molecule has 6 heteroatoms. The van der Waals surface area contributed by atoms with Crippen LogP contribution in [0.25, 0.3) is 0 Å². The Morgan fingerprint density at radius 1 is 1.62 bits per heavy atom. The van der Waals surface area contributed by atoms with Crippen LogP contribution in [0.4, 0.5) is 0 Å². The van der Waals surface area contributed by atoms with Gasteiger partial charge in [0.25, 0.3) is 0 Å². The van der Waals surface area contributed by atoms with E-state index in [1.807, 2.05) is 6.07 Å². The van der Waals surface area contributed by atoms with Gasteiger partial charge >= 0.3 is 5.97 Å². The van der Waals surface area contributed by atoms with E-state index in [1.54, 1.807) is 32.3 Å². The number of hydrogen-bond donors (Lipinski definition) is 2. The maximum atomic E-state index is 12.3. The number of rotatable bonds is 3. The van der Waals surface area contributed by atoms with Crippen molar-refractivity contribution < 1.29 is 9.53 Å². The molecule has 1 aromatic rings. The number of nitriles is 1. The monoisotopic (exact) mass is 301 g/mol. The van der Waals surface area contributed by atoms with Gasteiger partial charge in [0.05, 0.1) is 34.8 Å². The van der Waals surface area contributed by atoms with Crippen molar-refractivity contribution in [2.45, 2.75) is 19.8 Å². The molecule has 1 aliphatic heterocycles. The lowest BCUT2D eigenvalue weighted by Gasteiger charge is -2.27. The Bertz CT molecular complexity index is 659. The first-order valence-electron chi connectivity index (χ1n) is 6.48. The van der Waals surface area contributed by atoms with Crippen LogP contribution in [0.2, 0.25) is 0 Å². The van der Waals surface area contributed by atoms with Crippen LogP contribution >= 0.6 is 12.6 Å². The van der Waals surface area contributed by atoms with E-state index in [9.17, 15) is 10.1 Å². The molecule has 1 N–H and O–H groups in total. The quantitative estimate of drug-likeness (QED) is 0.661. The first-order chi connectivity index (χ1) is 10.1. The number of carbonyl (C=O) groups is 1. The van der Waals surface area contributed by atoms with Gasteiger partial charge in [-0.2, -0.15) is 5.26 Å². The van der Waals surface area contributed by atoms with Crippen LogP contribution in [0, 0.1) is 11.3 Å². The largest absolute Gasteiger partial charge is 0.463 e. The Kier molecular flexibility index (Phi) is 4.66. The first-order valence-corrected chi connectivity index (χ1v) is 6.92. The fourth-order valence-corrected chi connectivity index (χ4v) is 2.63. The van der Waals surface area contributed by atoms with Crippen molar-refractivity contribution in [3.05, 3.63) is 52.0 Å². The molecule has 108 valence electrons. The lowest BCUT2D eigenvalue weighted by Crippen LogP contribution is -2.28. The highest BCUT2D eigenvalue weighted by Crippen LogP contribution is 2.38. The topological polar surface area (TPSA) is 75.0 Å². The van der Waals surface area contributed by atoms with Crippen molar-refractivity contribution in [3.8, 4) is 6.07 Å². The highest BCUT2D eigenvalue weighted by atomic mass is 32.1. The zero-order valence-corrected chi connectivity index (χ0v) is 12.6. The second-order valence-corrected chi connectivity index (χ2v) is 4.92. The highest BCUT2D eigenvalue weighted by molar-refractivity contribution is 7.84. The zero-order valence-electron chi connectivity index (χ0n) is 11.8. The molecule has 0 amide bonds. The van der Waals surface area contributed by atoms with Crippen LogP contribution in [0.5, 0.6) is 0 Å². The van der Waals surface area contributed by atoms with Crippen molar-refractivity contribution in [1.82, 2.24) is 10.3 Å².